The van der Waals surface area contributed by atoms with Crippen molar-refractivity contribution >= 4 is 0 Å². The smallest absolute Gasteiger partial charge is 0.126 e. The van der Waals surface area contributed by atoms with E-state index in [4.69, 9.17) is 4.74 Å². The van der Waals surface area contributed by atoms with E-state index < -0.39 is 0 Å². The number of halogens is 1. The topological polar surface area (TPSA) is 32.7 Å². The molecule has 4 heteroatoms. The van der Waals surface area contributed by atoms with Gasteiger partial charge in [0.2, 0.25) is 0 Å². The van der Waals surface area contributed by atoms with E-state index in [1.54, 1.807) is 13.2 Å². The molecule has 1 aliphatic rings. The summed E-state index contributed by atoms with van der Waals surface area (Å²) in [6.45, 7) is 2.67. The van der Waals surface area contributed by atoms with Crippen LogP contribution in [0.5, 0.6) is 5.75 Å². The molecule has 1 saturated carbocycles. The van der Waals surface area contributed by atoms with Gasteiger partial charge in [0.05, 0.1) is 13.2 Å². The number of aryl methyl sites for hydroxylation is 1. The first-order valence-electron chi connectivity index (χ1n) is 10.1. The van der Waals surface area contributed by atoms with Crippen molar-refractivity contribution in [1.82, 2.24) is 4.90 Å². The SMILES string of the molecule is COc1cccc(CC2(c3ccc(F)c(C)c3)CCC(O)C(CN(C)C)C2)c1. The molecule has 0 heterocycles. The molecule has 3 rings (SSSR count). The first kappa shape index (κ1) is 20.8. The molecule has 0 radical (unpaired) electrons. The predicted molar refractivity (Wildman–Crippen MR) is 111 cm³/mol. The molecule has 3 unspecified atom stereocenters. The molecule has 0 amide bonds. The molecule has 1 fully saturated rings. The van der Waals surface area contributed by atoms with Gasteiger partial charge >= 0.3 is 0 Å². The Morgan fingerprint density at radius 1 is 1.21 bits per heavy atom. The van der Waals surface area contributed by atoms with Gasteiger partial charge in [0, 0.05) is 6.54 Å². The summed E-state index contributed by atoms with van der Waals surface area (Å²) in [5.41, 5.74) is 2.94. The molecule has 3 atom stereocenters. The van der Waals surface area contributed by atoms with E-state index in [-0.39, 0.29) is 23.3 Å². The van der Waals surface area contributed by atoms with Gasteiger partial charge in [0.15, 0.2) is 0 Å². The molecule has 0 aliphatic heterocycles. The Morgan fingerprint density at radius 2 is 2.00 bits per heavy atom. The first-order chi connectivity index (χ1) is 13.3. The minimum Gasteiger partial charge on any atom is -0.497 e. The summed E-state index contributed by atoms with van der Waals surface area (Å²) in [5.74, 6) is 0.879. The van der Waals surface area contributed by atoms with E-state index in [0.717, 1.165) is 38.0 Å². The van der Waals surface area contributed by atoms with Crippen molar-refractivity contribution in [3.05, 3.63) is 65.0 Å². The average molecular weight is 386 g/mol. The number of hydrogen-bond donors (Lipinski definition) is 1. The molecule has 0 saturated heterocycles. The van der Waals surface area contributed by atoms with Gasteiger partial charge in [-0.1, -0.05) is 24.3 Å². The molecule has 0 spiro atoms. The van der Waals surface area contributed by atoms with Gasteiger partial charge in [-0.15, -0.1) is 0 Å². The van der Waals surface area contributed by atoms with E-state index in [9.17, 15) is 9.50 Å². The third-order valence-electron chi connectivity index (χ3n) is 6.16. The molecule has 1 aliphatic carbocycles. The Bertz CT molecular complexity index is 807. The molecular formula is C24H32FNO2. The van der Waals surface area contributed by atoms with Crippen molar-refractivity contribution in [2.24, 2.45) is 5.92 Å². The van der Waals surface area contributed by atoms with Crippen molar-refractivity contribution in [2.45, 2.75) is 44.1 Å². The predicted octanol–water partition coefficient (Wildman–Crippen LogP) is 4.35. The summed E-state index contributed by atoms with van der Waals surface area (Å²) in [4.78, 5) is 2.14. The zero-order chi connectivity index (χ0) is 20.3. The highest BCUT2D eigenvalue weighted by atomic mass is 19.1. The second-order valence-electron chi connectivity index (χ2n) is 8.61. The zero-order valence-electron chi connectivity index (χ0n) is 17.4. The number of methoxy groups -OCH3 is 1. The van der Waals surface area contributed by atoms with E-state index in [1.165, 1.54) is 11.1 Å². The molecule has 2 aromatic carbocycles. The van der Waals surface area contributed by atoms with Crippen LogP contribution in [0.25, 0.3) is 0 Å². The van der Waals surface area contributed by atoms with Crippen LogP contribution in [-0.4, -0.2) is 43.9 Å². The standard InChI is InChI=1S/C24H32FNO2/c1-17-12-20(8-9-22(17)25)24(14-18-6-5-7-21(13-18)28-4)11-10-23(27)19(15-24)16-26(2)3/h5-9,12-13,19,23,27H,10-11,14-16H2,1-4H3. The van der Waals surface area contributed by atoms with Crippen LogP contribution in [0, 0.1) is 18.7 Å². The molecular weight excluding hydrogens is 353 g/mol. The summed E-state index contributed by atoms with van der Waals surface area (Å²) in [6.07, 6.45) is 3.10. The third-order valence-corrected chi connectivity index (χ3v) is 6.16. The fourth-order valence-electron chi connectivity index (χ4n) is 4.73. The molecule has 152 valence electrons. The molecule has 1 N–H and O–H groups in total. The first-order valence-corrected chi connectivity index (χ1v) is 10.1. The van der Waals surface area contributed by atoms with Gasteiger partial charge in [-0.25, -0.2) is 4.39 Å². The molecule has 0 bridgehead atoms. The second-order valence-corrected chi connectivity index (χ2v) is 8.61. The highest BCUT2D eigenvalue weighted by Gasteiger charge is 2.42. The zero-order valence-corrected chi connectivity index (χ0v) is 17.4. The number of ether oxygens (including phenoxy) is 1. The molecule has 2 aromatic rings. The van der Waals surface area contributed by atoms with E-state index in [2.05, 4.69) is 17.0 Å². The van der Waals surface area contributed by atoms with Gasteiger partial charge in [-0.3, -0.25) is 0 Å². The summed E-state index contributed by atoms with van der Waals surface area (Å²) in [5, 5.41) is 10.6. The van der Waals surface area contributed by atoms with E-state index >= 15 is 0 Å². The highest BCUT2D eigenvalue weighted by Crippen LogP contribution is 2.45. The van der Waals surface area contributed by atoms with Crippen molar-refractivity contribution in [3.8, 4) is 5.75 Å². The molecule has 3 nitrogen and oxygen atoms in total. The van der Waals surface area contributed by atoms with Crippen LogP contribution in [0.4, 0.5) is 4.39 Å². The number of benzene rings is 2. The van der Waals surface area contributed by atoms with Crippen molar-refractivity contribution in [3.63, 3.8) is 0 Å². The number of aliphatic hydroxyl groups excluding tert-OH is 1. The Balaban J connectivity index is 2.01. The number of aliphatic hydroxyl groups is 1. The number of nitrogens with zero attached hydrogens (tertiary/aromatic N) is 1. The third kappa shape index (κ3) is 4.56. The largest absolute Gasteiger partial charge is 0.497 e. The maximum Gasteiger partial charge on any atom is 0.126 e. The number of rotatable bonds is 6. The van der Waals surface area contributed by atoms with Crippen LogP contribution < -0.4 is 4.74 Å². The minimum absolute atomic E-state index is 0.120. The lowest BCUT2D eigenvalue weighted by Crippen LogP contribution is -2.44. The van der Waals surface area contributed by atoms with Gasteiger partial charge in [-0.05, 0) is 92.9 Å². The van der Waals surface area contributed by atoms with Crippen LogP contribution >= 0.6 is 0 Å². The van der Waals surface area contributed by atoms with Crippen molar-refractivity contribution in [1.29, 1.82) is 0 Å². The monoisotopic (exact) mass is 385 g/mol. The second kappa shape index (κ2) is 8.62. The quantitative estimate of drug-likeness (QED) is 0.803. The van der Waals surface area contributed by atoms with Gasteiger partial charge in [-0.2, -0.15) is 0 Å². The van der Waals surface area contributed by atoms with Crippen LogP contribution in [0.2, 0.25) is 0 Å². The van der Waals surface area contributed by atoms with Gasteiger partial charge in [0.1, 0.15) is 11.6 Å². The Labute approximate surface area is 168 Å². The molecule has 28 heavy (non-hydrogen) atoms. The van der Waals surface area contributed by atoms with Crippen LogP contribution in [-0.2, 0) is 11.8 Å². The summed E-state index contributed by atoms with van der Waals surface area (Å²) in [6, 6.07) is 13.7. The highest BCUT2D eigenvalue weighted by molar-refractivity contribution is 5.36. The Hall–Kier alpha value is -1.91. The normalized spacial score (nSPS) is 25.1. The number of hydrogen-bond acceptors (Lipinski definition) is 3. The van der Waals surface area contributed by atoms with Crippen LogP contribution in [0.3, 0.4) is 0 Å². The lowest BCUT2D eigenvalue weighted by molar-refractivity contribution is 0.0236. The minimum atomic E-state index is -0.289. The fraction of sp³-hybridized carbons (Fsp3) is 0.500. The summed E-state index contributed by atoms with van der Waals surface area (Å²) >= 11 is 0. The Kier molecular flexibility index (Phi) is 6.41. The van der Waals surface area contributed by atoms with E-state index in [1.807, 2.05) is 45.3 Å². The summed E-state index contributed by atoms with van der Waals surface area (Å²) < 4.78 is 19.4. The average Bonchev–Trinajstić information content (AvgIpc) is 2.66. The lowest BCUT2D eigenvalue weighted by atomic mass is 9.62. The van der Waals surface area contributed by atoms with Gasteiger partial charge in [0.25, 0.3) is 0 Å². The summed E-state index contributed by atoms with van der Waals surface area (Å²) in [7, 11) is 5.78. The van der Waals surface area contributed by atoms with Crippen molar-refractivity contribution < 1.29 is 14.2 Å². The lowest BCUT2D eigenvalue weighted by Gasteiger charge is -2.45. The van der Waals surface area contributed by atoms with Crippen LogP contribution in [0.1, 0.15) is 36.0 Å². The Morgan fingerprint density at radius 3 is 2.68 bits per heavy atom. The maximum atomic E-state index is 14.0. The van der Waals surface area contributed by atoms with Gasteiger partial charge < -0.3 is 14.7 Å². The van der Waals surface area contributed by atoms with Crippen LogP contribution in [0.15, 0.2) is 42.5 Å². The van der Waals surface area contributed by atoms with E-state index in [0.29, 0.717) is 5.56 Å². The van der Waals surface area contributed by atoms with Crippen molar-refractivity contribution in [2.75, 3.05) is 27.7 Å². The maximum absolute atomic E-state index is 14.0. The fourth-order valence-corrected chi connectivity index (χ4v) is 4.73. The molecule has 0 aromatic heterocycles.